The zero-order valence-electron chi connectivity index (χ0n) is 8.87. The van der Waals surface area contributed by atoms with Gasteiger partial charge in [-0.25, -0.2) is 4.79 Å². The lowest BCUT2D eigenvalue weighted by molar-refractivity contribution is 0.00694. The maximum absolute atomic E-state index is 11.6. The van der Waals surface area contributed by atoms with Gasteiger partial charge in [-0.2, -0.15) is 0 Å². The van der Waals surface area contributed by atoms with Gasteiger partial charge in [0, 0.05) is 0 Å². The van der Waals surface area contributed by atoms with Gasteiger partial charge in [0.25, 0.3) is 0 Å². The summed E-state index contributed by atoms with van der Waals surface area (Å²) in [5, 5.41) is 9.33. The molecule has 0 saturated heterocycles. The third-order valence-electron chi connectivity index (χ3n) is 1.60. The molecule has 0 aliphatic heterocycles. The summed E-state index contributed by atoms with van der Waals surface area (Å²) in [5.74, 6) is -0.663. The van der Waals surface area contributed by atoms with E-state index >= 15 is 0 Å². The number of ether oxygens (including phenoxy) is 1. The highest BCUT2D eigenvalue weighted by Crippen LogP contribution is 2.28. The molecule has 0 atom stereocenters. The van der Waals surface area contributed by atoms with Gasteiger partial charge < -0.3 is 9.84 Å². The highest BCUT2D eigenvalue weighted by atomic mass is 35.5. The zero-order valence-corrected chi connectivity index (χ0v) is 9.63. The van der Waals surface area contributed by atoms with Crippen molar-refractivity contribution in [2.24, 2.45) is 0 Å². The van der Waals surface area contributed by atoms with Gasteiger partial charge in [0.15, 0.2) is 0 Å². The van der Waals surface area contributed by atoms with E-state index in [1.165, 1.54) is 12.1 Å². The summed E-state index contributed by atoms with van der Waals surface area (Å²) in [6, 6.07) is 4.47. The quantitative estimate of drug-likeness (QED) is 0.752. The summed E-state index contributed by atoms with van der Waals surface area (Å²) in [7, 11) is 0. The van der Waals surface area contributed by atoms with E-state index in [1.807, 2.05) is 0 Å². The number of phenolic OH excluding ortho intramolecular Hbond substituents is 1. The van der Waals surface area contributed by atoms with Crippen molar-refractivity contribution in [3.05, 3.63) is 28.8 Å². The number of phenols is 1. The number of halogens is 1. The Morgan fingerprint density at radius 3 is 2.53 bits per heavy atom. The summed E-state index contributed by atoms with van der Waals surface area (Å²) in [6.07, 6.45) is 0. The maximum Gasteiger partial charge on any atom is 0.340 e. The van der Waals surface area contributed by atoms with Crippen LogP contribution in [0.5, 0.6) is 5.75 Å². The van der Waals surface area contributed by atoms with Crippen molar-refractivity contribution in [2.45, 2.75) is 26.4 Å². The fourth-order valence-electron chi connectivity index (χ4n) is 1.01. The van der Waals surface area contributed by atoms with Crippen LogP contribution in [0.1, 0.15) is 31.1 Å². The summed E-state index contributed by atoms with van der Waals surface area (Å²) >= 11 is 5.77. The van der Waals surface area contributed by atoms with E-state index in [-0.39, 0.29) is 16.3 Å². The van der Waals surface area contributed by atoms with Crippen LogP contribution in [0, 0.1) is 0 Å². The molecule has 0 amide bonds. The van der Waals surface area contributed by atoms with E-state index in [2.05, 4.69) is 0 Å². The molecule has 1 aromatic rings. The highest BCUT2D eigenvalue weighted by Gasteiger charge is 2.20. The first-order valence-corrected chi connectivity index (χ1v) is 4.90. The number of carbonyl (C=O) groups is 1. The fourth-order valence-corrected chi connectivity index (χ4v) is 1.21. The first-order valence-electron chi connectivity index (χ1n) is 4.52. The van der Waals surface area contributed by atoms with Crippen LogP contribution in [0.25, 0.3) is 0 Å². The normalized spacial score (nSPS) is 11.2. The van der Waals surface area contributed by atoms with E-state index < -0.39 is 11.6 Å². The summed E-state index contributed by atoms with van der Waals surface area (Å²) in [6.45, 7) is 5.30. The molecule has 82 valence electrons. The van der Waals surface area contributed by atoms with Crippen molar-refractivity contribution in [1.82, 2.24) is 0 Å². The zero-order chi connectivity index (χ0) is 11.6. The molecular formula is C11H13ClO3. The number of carbonyl (C=O) groups excluding carboxylic acids is 1. The topological polar surface area (TPSA) is 46.5 Å². The lowest BCUT2D eigenvalue weighted by Crippen LogP contribution is -2.24. The third-order valence-corrected chi connectivity index (χ3v) is 1.99. The Labute approximate surface area is 93.6 Å². The number of hydrogen-bond donors (Lipinski definition) is 1. The van der Waals surface area contributed by atoms with Crippen LogP contribution in [0.4, 0.5) is 0 Å². The number of benzene rings is 1. The maximum atomic E-state index is 11.6. The third kappa shape index (κ3) is 3.13. The predicted octanol–water partition coefficient (Wildman–Crippen LogP) is 3.00. The monoisotopic (exact) mass is 228 g/mol. The molecule has 0 radical (unpaired) electrons. The molecular weight excluding hydrogens is 216 g/mol. The van der Waals surface area contributed by atoms with E-state index in [9.17, 15) is 9.90 Å². The minimum atomic E-state index is -0.578. The van der Waals surface area contributed by atoms with E-state index in [4.69, 9.17) is 16.3 Å². The van der Waals surface area contributed by atoms with Crippen molar-refractivity contribution in [3.8, 4) is 5.75 Å². The first-order chi connectivity index (χ1) is 6.81. The number of hydrogen-bond acceptors (Lipinski definition) is 3. The van der Waals surface area contributed by atoms with E-state index in [0.717, 1.165) is 0 Å². The van der Waals surface area contributed by atoms with Crippen molar-refractivity contribution >= 4 is 17.6 Å². The summed E-state index contributed by atoms with van der Waals surface area (Å²) in [4.78, 5) is 11.6. The van der Waals surface area contributed by atoms with Crippen molar-refractivity contribution in [1.29, 1.82) is 0 Å². The van der Waals surface area contributed by atoms with Gasteiger partial charge in [0.1, 0.15) is 11.4 Å². The lowest BCUT2D eigenvalue weighted by Gasteiger charge is -2.19. The minimum Gasteiger partial charge on any atom is -0.506 e. The minimum absolute atomic E-state index is 0.0201. The average molecular weight is 229 g/mol. The molecule has 1 N–H and O–H groups in total. The van der Waals surface area contributed by atoms with Gasteiger partial charge in [0.2, 0.25) is 0 Å². The average Bonchev–Trinajstić information content (AvgIpc) is 2.06. The Hall–Kier alpha value is -1.22. The largest absolute Gasteiger partial charge is 0.506 e. The van der Waals surface area contributed by atoms with Crippen LogP contribution in [-0.4, -0.2) is 16.7 Å². The number of rotatable bonds is 1. The smallest absolute Gasteiger partial charge is 0.340 e. The second-order valence-corrected chi connectivity index (χ2v) is 4.52. The van der Waals surface area contributed by atoms with Crippen LogP contribution in [0.3, 0.4) is 0 Å². The molecule has 15 heavy (non-hydrogen) atoms. The van der Waals surface area contributed by atoms with Gasteiger partial charge in [-0.05, 0) is 32.9 Å². The van der Waals surface area contributed by atoms with Crippen molar-refractivity contribution in [2.75, 3.05) is 0 Å². The molecule has 0 aliphatic carbocycles. The number of aromatic hydroxyl groups is 1. The SMILES string of the molecule is CC(C)(C)OC(=O)c1cccc(O)c1Cl. The van der Waals surface area contributed by atoms with Gasteiger partial charge in [-0.15, -0.1) is 0 Å². The van der Waals surface area contributed by atoms with Crippen LogP contribution >= 0.6 is 11.6 Å². The van der Waals surface area contributed by atoms with Crippen LogP contribution in [0.2, 0.25) is 5.02 Å². The number of esters is 1. The molecule has 0 aromatic heterocycles. The van der Waals surface area contributed by atoms with Crippen LogP contribution in [-0.2, 0) is 4.74 Å². The molecule has 0 unspecified atom stereocenters. The van der Waals surface area contributed by atoms with Gasteiger partial charge in [-0.1, -0.05) is 17.7 Å². The molecule has 4 heteroatoms. The summed E-state index contributed by atoms with van der Waals surface area (Å²) in [5.41, 5.74) is -0.405. The Morgan fingerprint density at radius 2 is 2.00 bits per heavy atom. The Bertz CT molecular complexity index is 380. The molecule has 0 saturated carbocycles. The lowest BCUT2D eigenvalue weighted by atomic mass is 10.1. The molecule has 3 nitrogen and oxygen atoms in total. The molecule has 0 spiro atoms. The van der Waals surface area contributed by atoms with E-state index in [1.54, 1.807) is 26.8 Å². The molecule has 0 aliphatic rings. The van der Waals surface area contributed by atoms with Gasteiger partial charge in [0.05, 0.1) is 10.6 Å². The molecule has 0 bridgehead atoms. The molecule has 1 rings (SSSR count). The highest BCUT2D eigenvalue weighted by molar-refractivity contribution is 6.35. The van der Waals surface area contributed by atoms with E-state index in [0.29, 0.717) is 0 Å². The van der Waals surface area contributed by atoms with Crippen molar-refractivity contribution < 1.29 is 14.6 Å². The fraction of sp³-hybridized carbons (Fsp3) is 0.364. The molecule has 0 heterocycles. The van der Waals surface area contributed by atoms with Gasteiger partial charge in [-0.3, -0.25) is 0 Å². The van der Waals surface area contributed by atoms with Crippen LogP contribution in [0.15, 0.2) is 18.2 Å². The standard InChI is InChI=1S/C11H13ClO3/c1-11(2,3)15-10(14)7-5-4-6-8(13)9(7)12/h4-6,13H,1-3H3. The van der Waals surface area contributed by atoms with Crippen molar-refractivity contribution in [3.63, 3.8) is 0 Å². The second-order valence-electron chi connectivity index (χ2n) is 4.14. The predicted molar refractivity (Wildman–Crippen MR) is 58.3 cm³/mol. The van der Waals surface area contributed by atoms with Gasteiger partial charge >= 0.3 is 5.97 Å². The molecule has 1 aromatic carbocycles. The van der Waals surface area contributed by atoms with Crippen LogP contribution < -0.4 is 0 Å². The first kappa shape index (κ1) is 11.9. The molecule has 0 fully saturated rings. The summed E-state index contributed by atoms with van der Waals surface area (Å²) < 4.78 is 5.13. The Morgan fingerprint density at radius 1 is 1.40 bits per heavy atom. The second kappa shape index (κ2) is 4.11. The Balaban J connectivity index is 2.97. The Kier molecular flexibility index (Phi) is 3.25.